The molecule has 0 spiro atoms. The molecule has 0 atom stereocenters. The monoisotopic (exact) mass is 431 g/mol. The molecule has 0 radical (unpaired) electrons. The van der Waals surface area contributed by atoms with E-state index in [9.17, 15) is 0 Å². The topological polar surface area (TPSA) is 30.5 Å². The van der Waals surface area contributed by atoms with Crippen molar-refractivity contribution in [2.75, 3.05) is 11.9 Å². The van der Waals surface area contributed by atoms with E-state index in [0.717, 1.165) is 27.2 Å². The first-order valence-corrected chi connectivity index (χ1v) is 9.25. The molecular weight excluding hydrogens is 413 g/mol. The van der Waals surface area contributed by atoms with Gasteiger partial charge in [-0.05, 0) is 72.6 Å². The number of hydrogen-bond acceptors (Lipinski definition) is 3. The van der Waals surface area contributed by atoms with Gasteiger partial charge >= 0.3 is 0 Å². The van der Waals surface area contributed by atoms with Crippen LogP contribution in [0.25, 0.3) is 0 Å². The molecule has 6 heteroatoms. The molecule has 0 heterocycles. The van der Waals surface area contributed by atoms with Crippen LogP contribution in [0.5, 0.6) is 11.5 Å². The minimum Gasteiger partial charge on any atom is -0.490 e. The number of hydrogen-bond donors (Lipinski definition) is 1. The molecule has 0 saturated carbocycles. The number of anilines is 1. The summed E-state index contributed by atoms with van der Waals surface area (Å²) in [6.45, 7) is 7.10. The zero-order valence-corrected chi connectivity index (χ0v) is 16.9. The summed E-state index contributed by atoms with van der Waals surface area (Å²) in [6.07, 6.45) is 0.0677. The first-order valence-electron chi connectivity index (χ1n) is 7.71. The zero-order valence-electron chi connectivity index (χ0n) is 13.8. The van der Waals surface area contributed by atoms with Gasteiger partial charge in [-0.2, -0.15) is 0 Å². The standard InChI is InChI=1S/C18H20BrCl2NO2/c1-4-23-17-6-12(5-16(19)18(17)24-11(2)3)10-22-15-8-13(20)7-14(21)9-15/h5-9,11,22H,4,10H2,1-3H3. The lowest BCUT2D eigenvalue weighted by atomic mass is 10.2. The van der Waals surface area contributed by atoms with Crippen LogP contribution in [0.2, 0.25) is 10.0 Å². The maximum Gasteiger partial charge on any atom is 0.175 e. The fourth-order valence-electron chi connectivity index (χ4n) is 2.20. The Hall–Kier alpha value is -1.10. The molecule has 0 amide bonds. The number of benzene rings is 2. The van der Waals surface area contributed by atoms with E-state index < -0.39 is 0 Å². The van der Waals surface area contributed by atoms with Gasteiger partial charge in [-0.15, -0.1) is 0 Å². The molecule has 0 aliphatic carbocycles. The van der Waals surface area contributed by atoms with Crippen molar-refractivity contribution in [1.29, 1.82) is 0 Å². The Morgan fingerprint density at radius 1 is 1.08 bits per heavy atom. The third-order valence-electron chi connectivity index (χ3n) is 3.08. The van der Waals surface area contributed by atoms with Gasteiger partial charge in [0.25, 0.3) is 0 Å². The summed E-state index contributed by atoms with van der Waals surface area (Å²) in [5.41, 5.74) is 1.92. The van der Waals surface area contributed by atoms with Crippen LogP contribution in [0.15, 0.2) is 34.8 Å². The lowest BCUT2D eigenvalue weighted by molar-refractivity contribution is 0.222. The Morgan fingerprint density at radius 2 is 1.75 bits per heavy atom. The Bertz CT molecular complexity index is 687. The average Bonchev–Trinajstić information content (AvgIpc) is 2.47. The van der Waals surface area contributed by atoms with Crippen molar-refractivity contribution in [3.63, 3.8) is 0 Å². The molecule has 0 unspecified atom stereocenters. The molecule has 3 nitrogen and oxygen atoms in total. The first kappa shape index (κ1) is 19.2. The molecule has 0 aliphatic rings. The molecule has 2 rings (SSSR count). The Balaban J connectivity index is 2.20. The summed E-state index contributed by atoms with van der Waals surface area (Å²) in [7, 11) is 0. The van der Waals surface area contributed by atoms with Crippen molar-refractivity contribution in [3.05, 3.63) is 50.4 Å². The van der Waals surface area contributed by atoms with Crippen LogP contribution in [-0.4, -0.2) is 12.7 Å². The Morgan fingerprint density at radius 3 is 2.33 bits per heavy atom. The summed E-state index contributed by atoms with van der Waals surface area (Å²) in [6, 6.07) is 9.37. The smallest absolute Gasteiger partial charge is 0.175 e. The SMILES string of the molecule is CCOc1cc(CNc2cc(Cl)cc(Cl)c2)cc(Br)c1OC(C)C. The highest BCUT2D eigenvalue weighted by molar-refractivity contribution is 9.10. The number of rotatable bonds is 7. The average molecular weight is 433 g/mol. The van der Waals surface area contributed by atoms with Gasteiger partial charge in [-0.25, -0.2) is 0 Å². The van der Waals surface area contributed by atoms with Gasteiger partial charge in [0.2, 0.25) is 0 Å². The molecule has 0 fully saturated rings. The van der Waals surface area contributed by atoms with Gasteiger partial charge in [0.05, 0.1) is 17.2 Å². The molecule has 2 aromatic carbocycles. The summed E-state index contributed by atoms with van der Waals surface area (Å²) in [5, 5.41) is 4.51. The lowest BCUT2D eigenvalue weighted by Gasteiger charge is -2.18. The van der Waals surface area contributed by atoms with Gasteiger partial charge in [0.1, 0.15) is 0 Å². The van der Waals surface area contributed by atoms with E-state index in [1.165, 1.54) is 0 Å². The van der Waals surface area contributed by atoms with Crippen molar-refractivity contribution in [2.24, 2.45) is 0 Å². The third kappa shape index (κ3) is 5.47. The molecule has 24 heavy (non-hydrogen) atoms. The van der Waals surface area contributed by atoms with Crippen LogP contribution >= 0.6 is 39.1 Å². The molecule has 0 aliphatic heterocycles. The number of nitrogens with one attached hydrogen (secondary N) is 1. The molecule has 0 bridgehead atoms. The number of ether oxygens (including phenoxy) is 2. The Labute approximate surface area is 161 Å². The van der Waals surface area contributed by atoms with E-state index in [2.05, 4.69) is 21.2 Å². The Kier molecular flexibility index (Phi) is 7.08. The van der Waals surface area contributed by atoms with Gasteiger partial charge in [-0.3, -0.25) is 0 Å². The van der Waals surface area contributed by atoms with Crippen LogP contribution in [0.4, 0.5) is 5.69 Å². The number of halogens is 3. The zero-order chi connectivity index (χ0) is 17.7. The van der Waals surface area contributed by atoms with Crippen LogP contribution in [0, 0.1) is 0 Å². The summed E-state index contributed by atoms with van der Waals surface area (Å²) in [5.74, 6) is 1.45. The molecule has 130 valence electrons. The van der Waals surface area contributed by atoms with Crippen molar-refractivity contribution in [1.82, 2.24) is 0 Å². The fourth-order valence-corrected chi connectivity index (χ4v) is 3.31. The van der Waals surface area contributed by atoms with Gasteiger partial charge in [-0.1, -0.05) is 23.2 Å². The largest absolute Gasteiger partial charge is 0.490 e. The highest BCUT2D eigenvalue weighted by atomic mass is 79.9. The second-order valence-electron chi connectivity index (χ2n) is 5.52. The highest BCUT2D eigenvalue weighted by Crippen LogP contribution is 2.38. The van der Waals surface area contributed by atoms with E-state index in [1.807, 2.05) is 45.0 Å². The third-order valence-corrected chi connectivity index (χ3v) is 4.11. The molecule has 0 saturated heterocycles. The van der Waals surface area contributed by atoms with Crippen LogP contribution in [0.1, 0.15) is 26.3 Å². The fraction of sp³-hybridized carbons (Fsp3) is 0.333. The van der Waals surface area contributed by atoms with Crippen molar-refractivity contribution < 1.29 is 9.47 Å². The van der Waals surface area contributed by atoms with Crippen LogP contribution < -0.4 is 14.8 Å². The van der Waals surface area contributed by atoms with Gasteiger partial charge in [0.15, 0.2) is 11.5 Å². The predicted octanol–water partition coefficient (Wildman–Crippen LogP) is 6.55. The maximum atomic E-state index is 6.02. The predicted molar refractivity (Wildman–Crippen MR) is 105 cm³/mol. The van der Waals surface area contributed by atoms with E-state index >= 15 is 0 Å². The van der Waals surface area contributed by atoms with Gasteiger partial charge < -0.3 is 14.8 Å². The van der Waals surface area contributed by atoms with Crippen molar-refractivity contribution in [2.45, 2.75) is 33.4 Å². The summed E-state index contributed by atoms with van der Waals surface area (Å²) >= 11 is 15.6. The van der Waals surface area contributed by atoms with Crippen LogP contribution in [0.3, 0.4) is 0 Å². The molecular formula is C18H20BrCl2NO2. The summed E-state index contributed by atoms with van der Waals surface area (Å²) < 4.78 is 12.4. The van der Waals surface area contributed by atoms with Gasteiger partial charge in [0, 0.05) is 22.3 Å². The quantitative estimate of drug-likeness (QED) is 0.537. The summed E-state index contributed by atoms with van der Waals surface area (Å²) in [4.78, 5) is 0. The van der Waals surface area contributed by atoms with E-state index in [4.69, 9.17) is 32.7 Å². The minimum absolute atomic E-state index is 0.0677. The molecule has 2 aromatic rings. The van der Waals surface area contributed by atoms with E-state index in [1.54, 1.807) is 6.07 Å². The van der Waals surface area contributed by atoms with Crippen molar-refractivity contribution >= 4 is 44.8 Å². The maximum absolute atomic E-state index is 6.02. The second-order valence-corrected chi connectivity index (χ2v) is 7.24. The van der Waals surface area contributed by atoms with Crippen LogP contribution in [-0.2, 0) is 6.54 Å². The van der Waals surface area contributed by atoms with Crippen molar-refractivity contribution in [3.8, 4) is 11.5 Å². The highest BCUT2D eigenvalue weighted by Gasteiger charge is 2.13. The normalized spacial score (nSPS) is 10.8. The lowest BCUT2D eigenvalue weighted by Crippen LogP contribution is -2.09. The van der Waals surface area contributed by atoms with E-state index in [0.29, 0.717) is 23.2 Å². The molecule has 0 aromatic heterocycles. The second kappa shape index (κ2) is 8.84. The first-order chi connectivity index (χ1) is 11.4. The van der Waals surface area contributed by atoms with E-state index in [-0.39, 0.29) is 6.10 Å². The molecule has 1 N–H and O–H groups in total. The minimum atomic E-state index is 0.0677.